The van der Waals surface area contributed by atoms with Gasteiger partial charge in [0.2, 0.25) is 0 Å². The molecular formula is C29H32N4O2. The number of benzene rings is 3. The van der Waals surface area contributed by atoms with E-state index < -0.39 is 0 Å². The minimum Gasteiger partial charge on any atom is -0.371 e. The van der Waals surface area contributed by atoms with Gasteiger partial charge in [0.1, 0.15) is 0 Å². The maximum absolute atomic E-state index is 13.5. The van der Waals surface area contributed by atoms with Gasteiger partial charge in [0.15, 0.2) is 0 Å². The molecule has 6 heteroatoms. The summed E-state index contributed by atoms with van der Waals surface area (Å²) in [4.78, 5) is 30.2. The highest BCUT2D eigenvalue weighted by molar-refractivity contribution is 6.00. The second-order valence-corrected chi connectivity index (χ2v) is 9.49. The van der Waals surface area contributed by atoms with E-state index in [0.717, 1.165) is 61.4 Å². The van der Waals surface area contributed by atoms with Gasteiger partial charge in [-0.15, -0.1) is 0 Å². The molecule has 0 aliphatic carbocycles. The number of rotatable bonds is 4. The second-order valence-electron chi connectivity index (χ2n) is 9.49. The van der Waals surface area contributed by atoms with Crippen LogP contribution in [0.25, 0.3) is 0 Å². The standard InChI is InChI=1S/C29H32N4O2/c1-21-10-12-24(13-11-21)30-29(35)31-25-15-18-32(19-16-25)27-9-5-4-8-26(27)28(34)33-17-14-22-6-2-3-7-23(22)20-33/h2-13,25H,14-20H2,1H3,(H2,30,31,35). The minimum absolute atomic E-state index is 0.0906. The maximum Gasteiger partial charge on any atom is 0.319 e. The summed E-state index contributed by atoms with van der Waals surface area (Å²) in [5, 5.41) is 6.01. The van der Waals surface area contributed by atoms with Crippen LogP contribution in [0.5, 0.6) is 0 Å². The van der Waals surface area contributed by atoms with Gasteiger partial charge < -0.3 is 20.4 Å². The normalized spacial score (nSPS) is 15.9. The number of carbonyl (C=O) groups excluding carboxylic acids is 2. The molecule has 2 heterocycles. The van der Waals surface area contributed by atoms with Gasteiger partial charge in [0.05, 0.1) is 5.56 Å². The molecule has 35 heavy (non-hydrogen) atoms. The molecule has 2 aliphatic heterocycles. The van der Waals surface area contributed by atoms with E-state index in [1.165, 1.54) is 11.1 Å². The van der Waals surface area contributed by atoms with Crippen LogP contribution in [-0.4, -0.2) is 42.5 Å². The smallest absolute Gasteiger partial charge is 0.319 e. The number of carbonyl (C=O) groups is 2. The zero-order valence-electron chi connectivity index (χ0n) is 20.2. The maximum atomic E-state index is 13.5. The second kappa shape index (κ2) is 10.2. The van der Waals surface area contributed by atoms with Crippen molar-refractivity contribution in [3.8, 4) is 0 Å². The van der Waals surface area contributed by atoms with E-state index in [0.29, 0.717) is 6.54 Å². The Balaban J connectivity index is 1.19. The van der Waals surface area contributed by atoms with Gasteiger partial charge in [0, 0.05) is 43.6 Å². The van der Waals surface area contributed by atoms with Crippen molar-refractivity contribution >= 4 is 23.3 Å². The van der Waals surface area contributed by atoms with Crippen LogP contribution in [0.3, 0.4) is 0 Å². The van der Waals surface area contributed by atoms with E-state index in [4.69, 9.17) is 0 Å². The average Bonchev–Trinajstić information content (AvgIpc) is 2.90. The highest BCUT2D eigenvalue weighted by Crippen LogP contribution is 2.28. The lowest BCUT2D eigenvalue weighted by atomic mass is 9.98. The molecule has 0 bridgehead atoms. The molecule has 3 aromatic rings. The molecular weight excluding hydrogens is 436 g/mol. The fraction of sp³-hybridized carbons (Fsp3) is 0.310. The Morgan fingerprint density at radius 2 is 1.51 bits per heavy atom. The fourth-order valence-corrected chi connectivity index (χ4v) is 5.02. The highest BCUT2D eigenvalue weighted by Gasteiger charge is 2.27. The van der Waals surface area contributed by atoms with Crippen molar-refractivity contribution in [1.29, 1.82) is 0 Å². The Morgan fingerprint density at radius 3 is 2.29 bits per heavy atom. The number of hydrogen-bond donors (Lipinski definition) is 2. The summed E-state index contributed by atoms with van der Waals surface area (Å²) < 4.78 is 0. The van der Waals surface area contributed by atoms with Gasteiger partial charge in [-0.3, -0.25) is 4.79 Å². The Labute approximate surface area is 206 Å². The SMILES string of the molecule is Cc1ccc(NC(=O)NC2CCN(c3ccccc3C(=O)N3CCc4ccccc4C3)CC2)cc1. The van der Waals surface area contributed by atoms with Crippen molar-refractivity contribution < 1.29 is 9.59 Å². The third kappa shape index (κ3) is 5.32. The molecule has 0 atom stereocenters. The average molecular weight is 469 g/mol. The molecule has 1 fully saturated rings. The molecule has 6 nitrogen and oxygen atoms in total. The van der Waals surface area contributed by atoms with Crippen molar-refractivity contribution in [2.24, 2.45) is 0 Å². The van der Waals surface area contributed by atoms with Crippen LogP contribution in [0, 0.1) is 6.92 Å². The van der Waals surface area contributed by atoms with Crippen LogP contribution in [0.2, 0.25) is 0 Å². The van der Waals surface area contributed by atoms with Gasteiger partial charge in [-0.1, -0.05) is 54.1 Å². The van der Waals surface area contributed by atoms with Gasteiger partial charge in [-0.2, -0.15) is 0 Å². The van der Waals surface area contributed by atoms with Crippen LogP contribution in [0.4, 0.5) is 16.2 Å². The first-order chi connectivity index (χ1) is 17.1. The minimum atomic E-state index is -0.173. The Bertz CT molecular complexity index is 1200. The van der Waals surface area contributed by atoms with E-state index in [9.17, 15) is 9.59 Å². The zero-order chi connectivity index (χ0) is 24.2. The van der Waals surface area contributed by atoms with Crippen molar-refractivity contribution in [2.45, 2.75) is 38.8 Å². The number of amides is 3. The third-order valence-corrected chi connectivity index (χ3v) is 7.03. The number of para-hydroxylation sites is 1. The Hall–Kier alpha value is -3.80. The first-order valence-electron chi connectivity index (χ1n) is 12.4. The number of urea groups is 1. The molecule has 2 aliphatic rings. The quantitative estimate of drug-likeness (QED) is 0.567. The van der Waals surface area contributed by atoms with Gasteiger partial charge in [-0.05, 0) is 61.6 Å². The summed E-state index contributed by atoms with van der Waals surface area (Å²) in [5.74, 6) is 0.0906. The van der Waals surface area contributed by atoms with E-state index in [1.807, 2.05) is 66.4 Å². The zero-order valence-corrected chi connectivity index (χ0v) is 20.2. The molecule has 5 rings (SSSR count). The molecule has 1 saturated heterocycles. The molecule has 3 aromatic carbocycles. The summed E-state index contributed by atoms with van der Waals surface area (Å²) in [5.41, 5.74) is 6.27. The molecule has 3 amide bonds. The molecule has 0 aromatic heterocycles. The lowest BCUT2D eigenvalue weighted by molar-refractivity contribution is 0.0735. The topological polar surface area (TPSA) is 64.7 Å². The Kier molecular flexibility index (Phi) is 6.70. The lowest BCUT2D eigenvalue weighted by Crippen LogP contribution is -2.46. The van der Waals surface area contributed by atoms with E-state index in [2.05, 4.69) is 33.7 Å². The van der Waals surface area contributed by atoms with Crippen molar-refractivity contribution in [3.05, 3.63) is 95.1 Å². The number of fused-ring (bicyclic) bond motifs is 1. The van der Waals surface area contributed by atoms with Gasteiger partial charge >= 0.3 is 6.03 Å². The first kappa shape index (κ1) is 23.0. The van der Waals surface area contributed by atoms with Crippen LogP contribution >= 0.6 is 0 Å². The summed E-state index contributed by atoms with van der Waals surface area (Å²) in [6, 6.07) is 24.0. The van der Waals surface area contributed by atoms with E-state index >= 15 is 0 Å². The molecule has 0 unspecified atom stereocenters. The van der Waals surface area contributed by atoms with Crippen LogP contribution in [-0.2, 0) is 13.0 Å². The predicted octanol–water partition coefficient (Wildman–Crippen LogP) is 4.98. The number of piperidine rings is 1. The molecule has 0 spiro atoms. The Morgan fingerprint density at radius 1 is 0.829 bits per heavy atom. The van der Waals surface area contributed by atoms with Crippen molar-refractivity contribution in [1.82, 2.24) is 10.2 Å². The highest BCUT2D eigenvalue weighted by atomic mass is 16.2. The molecule has 2 N–H and O–H groups in total. The first-order valence-corrected chi connectivity index (χ1v) is 12.4. The summed E-state index contributed by atoms with van der Waals surface area (Å²) in [6.45, 7) is 5.01. The third-order valence-electron chi connectivity index (χ3n) is 7.03. The predicted molar refractivity (Wildman–Crippen MR) is 140 cm³/mol. The number of nitrogens with zero attached hydrogens (tertiary/aromatic N) is 2. The summed E-state index contributed by atoms with van der Waals surface area (Å²) in [6.07, 6.45) is 2.56. The fourth-order valence-electron chi connectivity index (χ4n) is 5.02. The van der Waals surface area contributed by atoms with Crippen molar-refractivity contribution in [3.63, 3.8) is 0 Å². The summed E-state index contributed by atoms with van der Waals surface area (Å²) >= 11 is 0. The van der Waals surface area contributed by atoms with Gasteiger partial charge in [-0.25, -0.2) is 4.79 Å². The number of aryl methyl sites for hydroxylation is 1. The molecule has 0 radical (unpaired) electrons. The van der Waals surface area contributed by atoms with E-state index in [-0.39, 0.29) is 18.0 Å². The van der Waals surface area contributed by atoms with Gasteiger partial charge in [0.25, 0.3) is 5.91 Å². The van der Waals surface area contributed by atoms with E-state index in [1.54, 1.807) is 0 Å². The molecule has 180 valence electrons. The number of nitrogens with one attached hydrogen (secondary N) is 2. The largest absolute Gasteiger partial charge is 0.371 e. The van der Waals surface area contributed by atoms with Crippen LogP contribution in [0.15, 0.2) is 72.8 Å². The summed E-state index contributed by atoms with van der Waals surface area (Å²) in [7, 11) is 0. The van der Waals surface area contributed by atoms with Crippen LogP contribution in [0.1, 0.15) is 39.9 Å². The number of anilines is 2. The van der Waals surface area contributed by atoms with Crippen molar-refractivity contribution in [2.75, 3.05) is 29.9 Å². The number of hydrogen-bond acceptors (Lipinski definition) is 3. The monoisotopic (exact) mass is 468 g/mol. The van der Waals surface area contributed by atoms with Crippen LogP contribution < -0.4 is 15.5 Å². The molecule has 0 saturated carbocycles. The lowest BCUT2D eigenvalue weighted by Gasteiger charge is -2.36.